The number of fused-ring (bicyclic) bond motifs is 5. The van der Waals surface area contributed by atoms with E-state index < -0.39 is 6.04 Å². The van der Waals surface area contributed by atoms with Gasteiger partial charge in [-0.15, -0.1) is 0 Å². The van der Waals surface area contributed by atoms with Crippen molar-refractivity contribution in [2.75, 3.05) is 19.6 Å². The number of pyridine rings is 1. The molecule has 33 heavy (non-hydrogen) atoms. The second-order valence-electron chi connectivity index (χ2n) is 10.1. The summed E-state index contributed by atoms with van der Waals surface area (Å²) < 4.78 is 1.86. The number of amides is 3. The van der Waals surface area contributed by atoms with Crippen LogP contribution >= 0.6 is 0 Å². The van der Waals surface area contributed by atoms with Gasteiger partial charge in [-0.25, -0.2) is 4.79 Å². The monoisotopic (exact) mass is 448 g/mol. The Bertz CT molecular complexity index is 1120. The second-order valence-corrected chi connectivity index (χ2v) is 10.1. The fourth-order valence-corrected chi connectivity index (χ4v) is 5.68. The summed E-state index contributed by atoms with van der Waals surface area (Å²) in [4.78, 5) is 42.7. The van der Waals surface area contributed by atoms with Crippen LogP contribution in [0.25, 0.3) is 0 Å². The third kappa shape index (κ3) is 4.16. The average molecular weight is 449 g/mol. The van der Waals surface area contributed by atoms with Gasteiger partial charge in [-0.05, 0) is 41.9 Å². The number of likely N-dealkylation sites (tertiary alicyclic amines) is 1. The number of urea groups is 1. The van der Waals surface area contributed by atoms with E-state index in [-0.39, 0.29) is 35.3 Å². The van der Waals surface area contributed by atoms with E-state index in [2.05, 4.69) is 17.4 Å². The van der Waals surface area contributed by atoms with Crippen LogP contribution in [-0.4, -0.2) is 52.0 Å². The van der Waals surface area contributed by atoms with E-state index >= 15 is 0 Å². The Morgan fingerprint density at radius 1 is 0.970 bits per heavy atom. The highest BCUT2D eigenvalue weighted by Crippen LogP contribution is 2.35. The maximum Gasteiger partial charge on any atom is 0.318 e. The van der Waals surface area contributed by atoms with Gasteiger partial charge >= 0.3 is 6.03 Å². The number of nitrogens with one attached hydrogen (secondary N) is 1. The van der Waals surface area contributed by atoms with E-state index in [0.717, 1.165) is 18.5 Å². The molecule has 7 heteroatoms. The molecule has 0 spiro atoms. The highest BCUT2D eigenvalue weighted by Gasteiger charge is 2.38. The SMILES string of the molecule is CC(C)[C@H](NC(=O)N1C[C@@H]2C[C@H](C1)c1cccc(=O)n1C2)C(=O)N1CCc2ccccc2C1. The van der Waals surface area contributed by atoms with E-state index in [0.29, 0.717) is 32.7 Å². The first kappa shape index (κ1) is 21.7. The fraction of sp³-hybridized carbons (Fsp3) is 0.500. The number of carbonyl (C=O) groups excluding carboxylic acids is 2. The normalized spacial score (nSPS) is 22.4. The van der Waals surface area contributed by atoms with E-state index in [1.54, 1.807) is 12.1 Å². The van der Waals surface area contributed by atoms with Gasteiger partial charge in [-0.1, -0.05) is 44.2 Å². The third-order valence-corrected chi connectivity index (χ3v) is 7.42. The van der Waals surface area contributed by atoms with Gasteiger partial charge in [-0.2, -0.15) is 0 Å². The lowest BCUT2D eigenvalue weighted by molar-refractivity contribution is -0.135. The molecule has 1 fully saturated rings. The Labute approximate surface area is 194 Å². The summed E-state index contributed by atoms with van der Waals surface area (Å²) in [6.45, 7) is 7.06. The molecule has 1 aromatic carbocycles. The quantitative estimate of drug-likeness (QED) is 0.784. The molecule has 2 bridgehead atoms. The van der Waals surface area contributed by atoms with Crippen LogP contribution in [0.5, 0.6) is 0 Å². The molecule has 2 aromatic rings. The summed E-state index contributed by atoms with van der Waals surface area (Å²) in [5.74, 6) is 0.391. The van der Waals surface area contributed by atoms with Gasteiger partial charge in [0.25, 0.3) is 5.56 Å². The first-order valence-electron chi connectivity index (χ1n) is 12.0. The number of aromatic nitrogens is 1. The van der Waals surface area contributed by atoms with Gasteiger partial charge in [-0.3, -0.25) is 9.59 Å². The molecule has 7 nitrogen and oxygen atoms in total. The molecule has 3 amide bonds. The average Bonchev–Trinajstić information content (AvgIpc) is 2.82. The lowest BCUT2D eigenvalue weighted by atomic mass is 9.83. The Kier molecular flexibility index (Phi) is 5.72. The van der Waals surface area contributed by atoms with Gasteiger partial charge in [0.1, 0.15) is 6.04 Å². The standard InChI is InChI=1S/C26H32N4O3/c1-17(2)24(25(32)28-11-10-19-6-3-4-7-20(19)15-28)27-26(33)29-13-18-12-21(16-29)22-8-5-9-23(31)30(22)14-18/h3-9,17-18,21,24H,10-16H2,1-2H3,(H,27,33)/t18-,21+,24-/m0/s1. The maximum atomic E-state index is 13.4. The van der Waals surface area contributed by atoms with Crippen molar-refractivity contribution < 1.29 is 9.59 Å². The molecule has 0 unspecified atom stereocenters. The predicted octanol–water partition coefficient (Wildman–Crippen LogP) is 2.59. The summed E-state index contributed by atoms with van der Waals surface area (Å²) in [7, 11) is 0. The fourth-order valence-electron chi connectivity index (χ4n) is 5.68. The Balaban J connectivity index is 1.28. The molecule has 3 aliphatic rings. The Hall–Kier alpha value is -3.09. The number of hydrogen-bond donors (Lipinski definition) is 1. The predicted molar refractivity (Wildman–Crippen MR) is 126 cm³/mol. The smallest absolute Gasteiger partial charge is 0.318 e. The largest absolute Gasteiger partial charge is 0.336 e. The van der Waals surface area contributed by atoms with Crippen molar-refractivity contribution in [3.8, 4) is 0 Å². The van der Waals surface area contributed by atoms with Gasteiger partial charge in [0.2, 0.25) is 5.91 Å². The van der Waals surface area contributed by atoms with Crippen molar-refractivity contribution in [3.05, 3.63) is 69.6 Å². The van der Waals surface area contributed by atoms with E-state index in [4.69, 9.17) is 0 Å². The first-order chi connectivity index (χ1) is 15.9. The highest BCUT2D eigenvalue weighted by atomic mass is 16.2. The minimum absolute atomic E-state index is 0.0118. The molecule has 174 valence electrons. The van der Waals surface area contributed by atoms with Crippen LogP contribution < -0.4 is 10.9 Å². The number of carbonyl (C=O) groups is 2. The Morgan fingerprint density at radius 2 is 1.76 bits per heavy atom. The lowest BCUT2D eigenvalue weighted by Gasteiger charge is -2.43. The maximum absolute atomic E-state index is 13.4. The van der Waals surface area contributed by atoms with Gasteiger partial charge in [0.15, 0.2) is 0 Å². The van der Waals surface area contributed by atoms with Crippen LogP contribution in [0.3, 0.4) is 0 Å². The summed E-state index contributed by atoms with van der Waals surface area (Å²) >= 11 is 0. The van der Waals surface area contributed by atoms with Crippen LogP contribution in [0.15, 0.2) is 47.3 Å². The van der Waals surface area contributed by atoms with E-state index in [1.165, 1.54) is 11.1 Å². The number of benzene rings is 1. The summed E-state index contributed by atoms with van der Waals surface area (Å²) in [5.41, 5.74) is 3.53. The van der Waals surface area contributed by atoms with Crippen molar-refractivity contribution in [2.45, 2.75) is 51.7 Å². The second kappa shape index (κ2) is 8.69. The molecular formula is C26H32N4O3. The van der Waals surface area contributed by atoms with Gasteiger partial charge in [0.05, 0.1) is 0 Å². The Morgan fingerprint density at radius 3 is 2.55 bits per heavy atom. The minimum atomic E-state index is -0.556. The van der Waals surface area contributed by atoms with Crippen LogP contribution in [0.1, 0.15) is 43.0 Å². The topological polar surface area (TPSA) is 74.6 Å². The van der Waals surface area contributed by atoms with Crippen LogP contribution in [-0.2, 0) is 24.3 Å². The zero-order valence-electron chi connectivity index (χ0n) is 19.4. The van der Waals surface area contributed by atoms with Crippen LogP contribution in [0, 0.1) is 11.8 Å². The molecule has 0 radical (unpaired) electrons. The van der Waals surface area contributed by atoms with Crippen molar-refractivity contribution in [1.29, 1.82) is 0 Å². The van der Waals surface area contributed by atoms with E-state index in [9.17, 15) is 14.4 Å². The molecule has 0 aliphatic carbocycles. The molecule has 3 atom stereocenters. The van der Waals surface area contributed by atoms with Crippen LogP contribution in [0.4, 0.5) is 4.79 Å². The first-order valence-corrected chi connectivity index (χ1v) is 12.0. The summed E-state index contributed by atoms with van der Waals surface area (Å²) in [6, 6.07) is 12.9. The van der Waals surface area contributed by atoms with Crippen LogP contribution in [0.2, 0.25) is 0 Å². The summed E-state index contributed by atoms with van der Waals surface area (Å²) in [6.07, 6.45) is 1.84. The summed E-state index contributed by atoms with van der Waals surface area (Å²) in [5, 5.41) is 3.06. The van der Waals surface area contributed by atoms with Gasteiger partial charge in [0, 0.05) is 50.4 Å². The zero-order chi connectivity index (χ0) is 23.1. The molecule has 1 saturated heterocycles. The number of piperidine rings is 1. The third-order valence-electron chi connectivity index (χ3n) is 7.42. The zero-order valence-corrected chi connectivity index (χ0v) is 19.4. The number of hydrogen-bond acceptors (Lipinski definition) is 3. The lowest BCUT2D eigenvalue weighted by Crippen LogP contribution is -2.57. The number of nitrogens with zero attached hydrogens (tertiary/aromatic N) is 3. The molecule has 1 N–H and O–H groups in total. The van der Waals surface area contributed by atoms with Crippen molar-refractivity contribution in [2.24, 2.45) is 11.8 Å². The molecule has 5 rings (SSSR count). The van der Waals surface area contributed by atoms with Crippen molar-refractivity contribution in [1.82, 2.24) is 19.7 Å². The van der Waals surface area contributed by atoms with Crippen molar-refractivity contribution in [3.63, 3.8) is 0 Å². The van der Waals surface area contributed by atoms with E-state index in [1.807, 2.05) is 46.4 Å². The highest BCUT2D eigenvalue weighted by molar-refractivity contribution is 5.87. The molecule has 3 aliphatic heterocycles. The minimum Gasteiger partial charge on any atom is -0.336 e. The van der Waals surface area contributed by atoms with Gasteiger partial charge < -0.3 is 19.7 Å². The molecular weight excluding hydrogens is 416 g/mol. The molecule has 4 heterocycles. The number of rotatable bonds is 3. The van der Waals surface area contributed by atoms with Crippen molar-refractivity contribution >= 4 is 11.9 Å². The molecule has 0 saturated carbocycles. The molecule has 1 aromatic heterocycles.